The van der Waals surface area contributed by atoms with Crippen molar-refractivity contribution >= 4 is 37.8 Å². The molecule has 1 unspecified atom stereocenters. The highest BCUT2D eigenvalue weighted by Gasteiger charge is 2.24. The Balaban J connectivity index is 1.22. The molecule has 1 fully saturated rings. The van der Waals surface area contributed by atoms with Crippen molar-refractivity contribution in [3.05, 3.63) is 109 Å². The summed E-state index contributed by atoms with van der Waals surface area (Å²) >= 11 is 6.71. The molecule has 1 aliphatic heterocycles. The van der Waals surface area contributed by atoms with Gasteiger partial charge in [-0.15, -0.1) is 5.10 Å². The van der Waals surface area contributed by atoms with Crippen molar-refractivity contribution in [2.75, 3.05) is 13.1 Å². The largest absolute Gasteiger partial charge is 0.348 e. The van der Waals surface area contributed by atoms with Crippen molar-refractivity contribution in [2.24, 2.45) is 0 Å². The molecule has 0 aliphatic carbocycles. The highest BCUT2D eigenvalue weighted by molar-refractivity contribution is 9.10. The Bertz CT molecular complexity index is 1560. The number of hydrogen-bond donors (Lipinski definition) is 1. The van der Waals surface area contributed by atoms with E-state index in [-0.39, 0.29) is 29.4 Å². The molecule has 4 aromatic rings. The van der Waals surface area contributed by atoms with Crippen LogP contribution in [0.15, 0.2) is 80.7 Å². The maximum atomic E-state index is 14.4. The molecule has 2 atom stereocenters. The summed E-state index contributed by atoms with van der Waals surface area (Å²) in [6.07, 6.45) is 5.21. The fraction of sp³-hybridized carbons (Fsp3) is 0.286. The SMILES string of the molecule is C[C@@H](c1ccc(Br)cc1F)n1cc(CN2CCCC(NC(=O)c3ccc(=O)n(-c4cccc(Br)c4)c3)C2)nn1. The second-order valence-corrected chi connectivity index (χ2v) is 11.5. The Hall–Kier alpha value is -3.15. The number of aromatic nitrogens is 4. The molecule has 0 bridgehead atoms. The lowest BCUT2D eigenvalue weighted by atomic mass is 10.0. The topological polar surface area (TPSA) is 85.0 Å². The highest BCUT2D eigenvalue weighted by Crippen LogP contribution is 2.24. The zero-order chi connectivity index (χ0) is 27.5. The van der Waals surface area contributed by atoms with Gasteiger partial charge < -0.3 is 5.32 Å². The van der Waals surface area contributed by atoms with Gasteiger partial charge in [0.2, 0.25) is 0 Å². The molecule has 2 aromatic carbocycles. The predicted octanol–water partition coefficient (Wildman–Crippen LogP) is 5.10. The van der Waals surface area contributed by atoms with Gasteiger partial charge in [-0.2, -0.15) is 0 Å². The third kappa shape index (κ3) is 6.54. The third-order valence-corrected chi connectivity index (χ3v) is 7.84. The predicted molar refractivity (Wildman–Crippen MR) is 153 cm³/mol. The summed E-state index contributed by atoms with van der Waals surface area (Å²) in [5.41, 5.74) is 2.22. The lowest BCUT2D eigenvalue weighted by molar-refractivity contribution is 0.0899. The Morgan fingerprint density at radius 1 is 1.13 bits per heavy atom. The van der Waals surface area contributed by atoms with Crippen molar-refractivity contribution < 1.29 is 9.18 Å². The maximum Gasteiger partial charge on any atom is 0.255 e. The smallest absolute Gasteiger partial charge is 0.255 e. The number of carbonyl (C=O) groups excluding carboxylic acids is 1. The first kappa shape index (κ1) is 27.4. The summed E-state index contributed by atoms with van der Waals surface area (Å²) in [6, 6.07) is 15.0. The number of piperidine rings is 1. The standard InChI is InChI=1S/C28H27Br2FN6O2/c1-18(25-9-8-21(30)13-26(25)31)37-17-23(33-34-37)16-35-11-3-5-22(15-35)32-28(39)19-7-10-27(38)36(14-19)24-6-2-4-20(29)12-24/h2,4,6-10,12-14,17-18,22H,3,5,11,15-16H2,1H3,(H,32,39)/t18-,22?/m0/s1. The molecule has 1 amide bonds. The van der Waals surface area contributed by atoms with Crippen LogP contribution in [-0.2, 0) is 6.54 Å². The summed E-state index contributed by atoms with van der Waals surface area (Å²) in [7, 11) is 0. The number of halogens is 3. The number of rotatable bonds is 7. The van der Waals surface area contributed by atoms with Gasteiger partial charge in [-0.3, -0.25) is 19.1 Å². The van der Waals surface area contributed by atoms with Crippen LogP contribution in [0.5, 0.6) is 0 Å². The van der Waals surface area contributed by atoms with Crippen LogP contribution in [-0.4, -0.2) is 49.5 Å². The van der Waals surface area contributed by atoms with Gasteiger partial charge in [0.15, 0.2) is 0 Å². The molecule has 1 aliphatic rings. The Morgan fingerprint density at radius 2 is 1.95 bits per heavy atom. The van der Waals surface area contributed by atoms with Crippen LogP contribution in [0, 0.1) is 5.82 Å². The number of nitrogens with one attached hydrogen (secondary N) is 1. The van der Waals surface area contributed by atoms with Crippen LogP contribution in [0.4, 0.5) is 4.39 Å². The molecule has 8 nitrogen and oxygen atoms in total. The zero-order valence-electron chi connectivity index (χ0n) is 21.2. The van der Waals surface area contributed by atoms with Crippen LogP contribution in [0.2, 0.25) is 0 Å². The second kappa shape index (κ2) is 11.9. The van der Waals surface area contributed by atoms with Crippen LogP contribution < -0.4 is 10.9 Å². The van der Waals surface area contributed by atoms with E-state index in [1.807, 2.05) is 43.5 Å². The number of nitrogens with zero attached hydrogens (tertiary/aromatic N) is 5. The first-order chi connectivity index (χ1) is 18.8. The van der Waals surface area contributed by atoms with E-state index >= 15 is 0 Å². The van der Waals surface area contributed by atoms with Gasteiger partial charge in [0, 0.05) is 51.6 Å². The van der Waals surface area contributed by atoms with E-state index in [4.69, 9.17) is 0 Å². The first-order valence-corrected chi connectivity index (χ1v) is 14.2. The minimum atomic E-state index is -0.298. The van der Waals surface area contributed by atoms with Crippen molar-refractivity contribution in [2.45, 2.75) is 38.4 Å². The number of benzene rings is 2. The molecule has 39 heavy (non-hydrogen) atoms. The second-order valence-electron chi connectivity index (χ2n) is 9.69. The highest BCUT2D eigenvalue weighted by atomic mass is 79.9. The minimum Gasteiger partial charge on any atom is -0.348 e. The normalized spacial score (nSPS) is 16.7. The lowest BCUT2D eigenvalue weighted by Gasteiger charge is -2.32. The minimum absolute atomic E-state index is 0.0386. The van der Waals surface area contributed by atoms with Gasteiger partial charge >= 0.3 is 0 Å². The average Bonchev–Trinajstić information content (AvgIpc) is 3.37. The van der Waals surface area contributed by atoms with Crippen molar-refractivity contribution in [3.8, 4) is 5.69 Å². The van der Waals surface area contributed by atoms with Gasteiger partial charge in [-0.1, -0.05) is 49.2 Å². The van der Waals surface area contributed by atoms with E-state index in [1.54, 1.807) is 23.0 Å². The van der Waals surface area contributed by atoms with Gasteiger partial charge in [0.25, 0.3) is 11.5 Å². The fourth-order valence-electron chi connectivity index (χ4n) is 4.82. The Morgan fingerprint density at radius 3 is 2.74 bits per heavy atom. The molecule has 3 heterocycles. The maximum absolute atomic E-state index is 14.4. The van der Waals surface area contributed by atoms with Crippen LogP contribution >= 0.6 is 31.9 Å². The number of likely N-dealkylation sites (tertiary alicyclic amines) is 1. The molecule has 0 radical (unpaired) electrons. The van der Waals surface area contributed by atoms with E-state index < -0.39 is 0 Å². The molecule has 2 aromatic heterocycles. The van der Waals surface area contributed by atoms with E-state index in [2.05, 4.69) is 52.4 Å². The molecule has 11 heteroatoms. The quantitative estimate of drug-likeness (QED) is 0.299. The Labute approximate surface area is 242 Å². The molecular weight excluding hydrogens is 631 g/mol. The van der Waals surface area contributed by atoms with Crippen molar-refractivity contribution in [3.63, 3.8) is 0 Å². The Kier molecular flexibility index (Phi) is 8.39. The molecule has 5 rings (SSSR count). The van der Waals surface area contributed by atoms with Crippen LogP contribution in [0.25, 0.3) is 5.69 Å². The van der Waals surface area contributed by atoms with E-state index in [1.165, 1.54) is 16.7 Å². The molecular formula is C28H27Br2FN6O2. The zero-order valence-corrected chi connectivity index (χ0v) is 24.4. The van der Waals surface area contributed by atoms with E-state index in [0.29, 0.717) is 34.4 Å². The van der Waals surface area contributed by atoms with Crippen molar-refractivity contribution in [1.29, 1.82) is 0 Å². The number of pyridine rings is 1. The van der Waals surface area contributed by atoms with E-state index in [9.17, 15) is 14.0 Å². The molecule has 0 spiro atoms. The molecule has 1 saturated heterocycles. The monoisotopic (exact) mass is 656 g/mol. The molecule has 0 saturated carbocycles. The average molecular weight is 658 g/mol. The summed E-state index contributed by atoms with van der Waals surface area (Å²) in [4.78, 5) is 27.8. The van der Waals surface area contributed by atoms with Gasteiger partial charge in [0.1, 0.15) is 5.82 Å². The lowest BCUT2D eigenvalue weighted by Crippen LogP contribution is -2.47. The van der Waals surface area contributed by atoms with E-state index in [0.717, 1.165) is 29.6 Å². The number of carbonyl (C=O) groups is 1. The first-order valence-electron chi connectivity index (χ1n) is 12.6. The van der Waals surface area contributed by atoms with Crippen LogP contribution in [0.1, 0.15) is 47.4 Å². The summed E-state index contributed by atoms with van der Waals surface area (Å²) in [5, 5.41) is 11.7. The van der Waals surface area contributed by atoms with Gasteiger partial charge in [-0.25, -0.2) is 9.07 Å². The summed E-state index contributed by atoms with van der Waals surface area (Å²) in [5.74, 6) is -0.516. The van der Waals surface area contributed by atoms with Gasteiger partial charge in [0.05, 0.1) is 23.5 Å². The fourth-order valence-corrected chi connectivity index (χ4v) is 5.54. The summed E-state index contributed by atoms with van der Waals surface area (Å²) < 4.78 is 19.1. The number of amides is 1. The molecule has 1 N–H and O–H groups in total. The third-order valence-electron chi connectivity index (χ3n) is 6.85. The van der Waals surface area contributed by atoms with Gasteiger partial charge in [-0.05, 0) is 62.7 Å². The molecule has 202 valence electrons. The van der Waals surface area contributed by atoms with Crippen LogP contribution in [0.3, 0.4) is 0 Å². The van der Waals surface area contributed by atoms with Crippen molar-refractivity contribution in [1.82, 2.24) is 29.8 Å². The number of hydrogen-bond acceptors (Lipinski definition) is 5. The summed E-state index contributed by atoms with van der Waals surface area (Å²) in [6.45, 7) is 4.01.